The van der Waals surface area contributed by atoms with Crippen molar-refractivity contribution in [2.75, 3.05) is 0 Å². The number of nitriles is 1. The highest BCUT2D eigenvalue weighted by atomic mass is 35.5. The van der Waals surface area contributed by atoms with Crippen molar-refractivity contribution in [1.82, 2.24) is 0 Å². The molecule has 0 aromatic heterocycles. The lowest BCUT2D eigenvalue weighted by Gasteiger charge is -1.88. The van der Waals surface area contributed by atoms with Crippen LogP contribution in [-0.4, -0.2) is 0 Å². The first-order valence-corrected chi connectivity index (χ1v) is 3.26. The number of rotatable bonds is 1. The maximum Gasteiger partial charge on any atom is 0.226 e. The van der Waals surface area contributed by atoms with Crippen molar-refractivity contribution in [1.29, 1.82) is 5.26 Å². The van der Waals surface area contributed by atoms with Crippen LogP contribution in [0.1, 0.15) is 0 Å². The molecule has 0 spiro atoms. The zero-order valence-electron chi connectivity index (χ0n) is 5.53. The zero-order chi connectivity index (χ0) is 8.10. The number of azo groups is 1. The second kappa shape index (κ2) is 3.69. The molecule has 0 aliphatic heterocycles. The Hall–Kier alpha value is -1.40. The summed E-state index contributed by atoms with van der Waals surface area (Å²) in [6, 6.07) is 6.74. The van der Waals surface area contributed by atoms with E-state index in [1.807, 2.05) is 0 Å². The van der Waals surface area contributed by atoms with Gasteiger partial charge >= 0.3 is 0 Å². The van der Waals surface area contributed by atoms with Crippen molar-refractivity contribution in [3.63, 3.8) is 0 Å². The molecule has 0 N–H and O–H groups in total. The molecule has 0 heterocycles. The largest absolute Gasteiger partial charge is 0.226 e. The Morgan fingerprint density at radius 1 is 1.27 bits per heavy atom. The summed E-state index contributed by atoms with van der Waals surface area (Å²) in [7, 11) is 0. The minimum absolute atomic E-state index is 0.621. The first-order chi connectivity index (χ1) is 5.33. The second-order valence-electron chi connectivity index (χ2n) is 1.78. The summed E-state index contributed by atoms with van der Waals surface area (Å²) in [6.45, 7) is 0. The molecule has 0 bridgehead atoms. The molecule has 0 saturated heterocycles. The maximum atomic E-state index is 8.05. The Morgan fingerprint density at radius 2 is 1.91 bits per heavy atom. The van der Waals surface area contributed by atoms with Gasteiger partial charge in [-0.15, -0.1) is 5.11 Å². The third-order valence-electron chi connectivity index (χ3n) is 1.04. The second-order valence-corrected chi connectivity index (χ2v) is 2.21. The molecule has 1 aromatic rings. The molecule has 3 nitrogen and oxygen atoms in total. The number of benzene rings is 1. The molecule has 54 valence electrons. The molecule has 0 fully saturated rings. The van der Waals surface area contributed by atoms with E-state index in [9.17, 15) is 0 Å². The minimum Gasteiger partial charge on any atom is -0.169 e. The molecule has 1 rings (SSSR count). The molecule has 0 radical (unpaired) electrons. The molecule has 4 heteroatoms. The molecular weight excluding hydrogens is 162 g/mol. The Balaban J connectivity index is 2.84. The van der Waals surface area contributed by atoms with E-state index in [0.717, 1.165) is 0 Å². The van der Waals surface area contributed by atoms with E-state index in [4.69, 9.17) is 16.9 Å². The molecule has 0 aliphatic carbocycles. The van der Waals surface area contributed by atoms with Crippen LogP contribution in [0.2, 0.25) is 5.02 Å². The summed E-state index contributed by atoms with van der Waals surface area (Å²) in [4.78, 5) is 0. The molecule has 0 atom stereocenters. The maximum absolute atomic E-state index is 8.05. The van der Waals surface area contributed by atoms with Crippen molar-refractivity contribution >= 4 is 17.3 Å². The molecular formula is C7H4ClN3. The Bertz CT molecular complexity index is 296. The predicted octanol–water partition coefficient (Wildman–Crippen LogP) is 2.90. The average molecular weight is 166 g/mol. The van der Waals surface area contributed by atoms with Crippen molar-refractivity contribution in [3.05, 3.63) is 29.3 Å². The van der Waals surface area contributed by atoms with Crippen LogP contribution in [0.25, 0.3) is 0 Å². The van der Waals surface area contributed by atoms with Crippen LogP contribution in [0.15, 0.2) is 34.5 Å². The lowest BCUT2D eigenvalue weighted by Crippen LogP contribution is -1.62. The summed E-state index contributed by atoms with van der Waals surface area (Å²) in [6.07, 6.45) is 1.56. The quantitative estimate of drug-likeness (QED) is 0.466. The fourth-order valence-electron chi connectivity index (χ4n) is 0.588. The van der Waals surface area contributed by atoms with Gasteiger partial charge < -0.3 is 0 Å². The number of hydrogen-bond donors (Lipinski definition) is 0. The van der Waals surface area contributed by atoms with Gasteiger partial charge in [0.05, 0.1) is 5.69 Å². The van der Waals surface area contributed by atoms with Crippen molar-refractivity contribution in [3.8, 4) is 6.19 Å². The van der Waals surface area contributed by atoms with Crippen molar-refractivity contribution in [2.24, 2.45) is 10.2 Å². The van der Waals surface area contributed by atoms with E-state index in [-0.39, 0.29) is 0 Å². The fourth-order valence-corrected chi connectivity index (χ4v) is 0.714. The van der Waals surface area contributed by atoms with E-state index in [1.165, 1.54) is 0 Å². The number of halogens is 1. The average Bonchev–Trinajstić information content (AvgIpc) is 2.04. The molecule has 0 aliphatic rings. The minimum atomic E-state index is 0.621. The first kappa shape index (κ1) is 7.70. The van der Waals surface area contributed by atoms with Gasteiger partial charge in [0, 0.05) is 5.02 Å². The van der Waals surface area contributed by atoms with Gasteiger partial charge in [0.2, 0.25) is 6.19 Å². The third-order valence-corrected chi connectivity index (χ3v) is 1.29. The van der Waals surface area contributed by atoms with Crippen LogP contribution in [0.4, 0.5) is 5.69 Å². The SMILES string of the molecule is N#CN=Nc1ccc(Cl)cc1. The van der Waals surface area contributed by atoms with Crippen LogP contribution in [-0.2, 0) is 0 Å². The van der Waals surface area contributed by atoms with Gasteiger partial charge in [0.1, 0.15) is 0 Å². The normalized spacial score (nSPS) is 9.82. The predicted molar refractivity (Wildman–Crippen MR) is 41.6 cm³/mol. The fraction of sp³-hybridized carbons (Fsp3) is 0. The Labute approximate surface area is 68.9 Å². The molecule has 0 amide bonds. The van der Waals surface area contributed by atoms with Gasteiger partial charge in [-0.3, -0.25) is 0 Å². The molecule has 11 heavy (non-hydrogen) atoms. The lowest BCUT2D eigenvalue weighted by atomic mass is 10.3. The molecule has 0 unspecified atom stereocenters. The van der Waals surface area contributed by atoms with Gasteiger partial charge in [-0.05, 0) is 24.3 Å². The topological polar surface area (TPSA) is 48.5 Å². The molecule has 1 aromatic carbocycles. The summed E-state index contributed by atoms with van der Waals surface area (Å²) >= 11 is 5.61. The van der Waals surface area contributed by atoms with Crippen LogP contribution in [0.5, 0.6) is 0 Å². The van der Waals surface area contributed by atoms with E-state index >= 15 is 0 Å². The van der Waals surface area contributed by atoms with Crippen LogP contribution in [0.3, 0.4) is 0 Å². The monoisotopic (exact) mass is 165 g/mol. The Kier molecular flexibility index (Phi) is 2.59. The molecule has 0 saturated carbocycles. The van der Waals surface area contributed by atoms with Gasteiger partial charge in [-0.1, -0.05) is 16.7 Å². The Morgan fingerprint density at radius 3 is 2.45 bits per heavy atom. The van der Waals surface area contributed by atoms with Crippen molar-refractivity contribution < 1.29 is 0 Å². The highest BCUT2D eigenvalue weighted by Gasteiger charge is 1.87. The van der Waals surface area contributed by atoms with E-state index in [2.05, 4.69) is 10.2 Å². The van der Waals surface area contributed by atoms with E-state index in [0.29, 0.717) is 10.7 Å². The summed E-state index contributed by atoms with van der Waals surface area (Å²) in [5, 5.41) is 15.4. The lowest BCUT2D eigenvalue weighted by molar-refractivity contribution is 1.23. The third kappa shape index (κ3) is 2.36. The first-order valence-electron chi connectivity index (χ1n) is 2.88. The van der Waals surface area contributed by atoms with E-state index in [1.54, 1.807) is 30.5 Å². The highest BCUT2D eigenvalue weighted by Crippen LogP contribution is 2.15. The standard InChI is InChI=1S/C7H4ClN3/c8-6-1-3-7(4-2-6)11-10-5-9/h1-4H. The van der Waals surface area contributed by atoms with Gasteiger partial charge in [-0.2, -0.15) is 5.26 Å². The van der Waals surface area contributed by atoms with Crippen LogP contribution >= 0.6 is 11.6 Å². The number of nitrogens with zero attached hydrogens (tertiary/aromatic N) is 3. The summed E-state index contributed by atoms with van der Waals surface area (Å²) in [5.41, 5.74) is 0.621. The summed E-state index contributed by atoms with van der Waals surface area (Å²) < 4.78 is 0. The van der Waals surface area contributed by atoms with Crippen molar-refractivity contribution in [2.45, 2.75) is 0 Å². The van der Waals surface area contributed by atoms with Crippen LogP contribution < -0.4 is 0 Å². The number of hydrogen-bond acceptors (Lipinski definition) is 3. The van der Waals surface area contributed by atoms with Gasteiger partial charge in [0.15, 0.2) is 0 Å². The van der Waals surface area contributed by atoms with Gasteiger partial charge in [0.25, 0.3) is 0 Å². The zero-order valence-corrected chi connectivity index (χ0v) is 6.28. The smallest absolute Gasteiger partial charge is 0.169 e. The van der Waals surface area contributed by atoms with Crippen LogP contribution in [0, 0.1) is 11.5 Å². The summed E-state index contributed by atoms with van der Waals surface area (Å²) in [5.74, 6) is 0. The van der Waals surface area contributed by atoms with Gasteiger partial charge in [-0.25, -0.2) is 0 Å². The highest BCUT2D eigenvalue weighted by molar-refractivity contribution is 6.30. The van der Waals surface area contributed by atoms with E-state index < -0.39 is 0 Å².